The van der Waals surface area contributed by atoms with Gasteiger partial charge in [0.1, 0.15) is 5.60 Å². The van der Waals surface area contributed by atoms with Crippen molar-refractivity contribution in [3.05, 3.63) is 24.3 Å². The molecule has 1 aliphatic carbocycles. The molecule has 0 aromatic heterocycles. The number of aliphatic carboxylic acids is 1. The Labute approximate surface area is 83.1 Å². The second-order valence-electron chi connectivity index (χ2n) is 4.85. The lowest BCUT2D eigenvalue weighted by Gasteiger charge is -2.27. The van der Waals surface area contributed by atoms with Crippen molar-refractivity contribution < 1.29 is 14.6 Å². The molecule has 0 bridgehead atoms. The number of carboxylic acid groups (broad SMARTS) is 1. The summed E-state index contributed by atoms with van der Waals surface area (Å²) in [6.45, 7) is 5.96. The lowest BCUT2D eigenvalue weighted by Crippen LogP contribution is -2.41. The molecule has 0 aromatic carbocycles. The van der Waals surface area contributed by atoms with E-state index in [9.17, 15) is 4.79 Å². The fraction of sp³-hybridized carbons (Fsp3) is 0.545. The van der Waals surface area contributed by atoms with Crippen LogP contribution in [0.25, 0.3) is 0 Å². The Morgan fingerprint density at radius 3 is 2.29 bits per heavy atom. The van der Waals surface area contributed by atoms with Gasteiger partial charge in [0, 0.05) is 0 Å². The van der Waals surface area contributed by atoms with Crippen LogP contribution in [0.15, 0.2) is 24.3 Å². The number of carboxylic acids is 1. The lowest BCUT2D eigenvalue weighted by molar-refractivity contribution is -0.141. The van der Waals surface area contributed by atoms with E-state index in [2.05, 4.69) is 0 Å². The van der Waals surface area contributed by atoms with Crippen LogP contribution in [0, 0.1) is 5.41 Å². The number of ether oxygens (including phenoxy) is 1. The maximum absolute atomic E-state index is 11.2. The molecule has 0 amide bonds. The molecule has 3 nitrogen and oxygen atoms in total. The van der Waals surface area contributed by atoms with Gasteiger partial charge in [0.05, 0.1) is 0 Å². The van der Waals surface area contributed by atoms with Gasteiger partial charge in [0.15, 0.2) is 0 Å². The molecule has 2 atom stereocenters. The number of fused-ring (bicyclic) bond motifs is 1. The maximum Gasteiger partial charge on any atom is 0.343 e. The molecule has 1 fully saturated rings. The van der Waals surface area contributed by atoms with Crippen molar-refractivity contribution in [2.45, 2.75) is 32.0 Å². The third-order valence-corrected chi connectivity index (χ3v) is 3.04. The van der Waals surface area contributed by atoms with Gasteiger partial charge in [-0.15, -0.1) is 0 Å². The van der Waals surface area contributed by atoms with Crippen molar-refractivity contribution in [1.29, 1.82) is 0 Å². The van der Waals surface area contributed by atoms with Crippen LogP contribution < -0.4 is 0 Å². The Balaban J connectivity index is 2.47. The van der Waals surface area contributed by atoms with E-state index in [4.69, 9.17) is 9.84 Å². The minimum absolute atomic E-state index is 0.216. The highest BCUT2D eigenvalue weighted by Gasteiger charge is 2.77. The lowest BCUT2D eigenvalue weighted by atomic mass is 9.71. The summed E-state index contributed by atoms with van der Waals surface area (Å²) >= 11 is 0. The van der Waals surface area contributed by atoms with Gasteiger partial charge >= 0.3 is 5.97 Å². The van der Waals surface area contributed by atoms with Gasteiger partial charge < -0.3 is 9.84 Å². The molecule has 0 spiro atoms. The first-order valence-corrected chi connectivity index (χ1v) is 4.66. The van der Waals surface area contributed by atoms with E-state index in [-0.39, 0.29) is 5.41 Å². The van der Waals surface area contributed by atoms with Crippen LogP contribution in [0.2, 0.25) is 0 Å². The van der Waals surface area contributed by atoms with Gasteiger partial charge in [-0.1, -0.05) is 32.9 Å². The predicted octanol–water partition coefficient (Wildman–Crippen LogP) is 1.75. The molecular weight excluding hydrogens is 180 g/mol. The summed E-state index contributed by atoms with van der Waals surface area (Å²) in [7, 11) is 0. The van der Waals surface area contributed by atoms with E-state index in [0.717, 1.165) is 0 Å². The number of allylic oxidation sites excluding steroid dienone is 2. The zero-order valence-corrected chi connectivity index (χ0v) is 8.57. The molecule has 2 unspecified atom stereocenters. The second kappa shape index (κ2) is 2.28. The molecule has 0 radical (unpaired) electrons. The molecule has 1 heterocycles. The van der Waals surface area contributed by atoms with Crippen LogP contribution in [-0.4, -0.2) is 22.3 Å². The van der Waals surface area contributed by atoms with Crippen molar-refractivity contribution in [2.24, 2.45) is 5.41 Å². The van der Waals surface area contributed by atoms with Gasteiger partial charge in [-0.2, -0.15) is 0 Å². The van der Waals surface area contributed by atoms with Crippen LogP contribution in [0.1, 0.15) is 20.8 Å². The second-order valence-corrected chi connectivity index (χ2v) is 4.85. The Morgan fingerprint density at radius 2 is 1.86 bits per heavy atom. The Bertz CT molecular complexity index is 348. The highest BCUT2D eigenvalue weighted by Crippen LogP contribution is 2.61. The van der Waals surface area contributed by atoms with Crippen molar-refractivity contribution in [3.63, 3.8) is 0 Å². The number of epoxide rings is 1. The molecule has 2 aliphatic rings. The standard InChI is InChI=1S/C11H14O3/c1-9(2,3)11-7-5-4-6-10(11,14-11)8(12)13/h4-7H,1-3H3,(H,12,13). The monoisotopic (exact) mass is 194 g/mol. The summed E-state index contributed by atoms with van der Waals surface area (Å²) in [6, 6.07) is 0. The fourth-order valence-electron chi connectivity index (χ4n) is 2.16. The first-order chi connectivity index (χ1) is 6.36. The summed E-state index contributed by atoms with van der Waals surface area (Å²) < 4.78 is 5.51. The maximum atomic E-state index is 11.2. The van der Waals surface area contributed by atoms with Gasteiger partial charge in [-0.05, 0) is 17.6 Å². The fourth-order valence-corrected chi connectivity index (χ4v) is 2.16. The molecule has 1 aliphatic heterocycles. The van der Waals surface area contributed by atoms with Gasteiger partial charge in [-0.3, -0.25) is 0 Å². The van der Waals surface area contributed by atoms with E-state index in [1.165, 1.54) is 0 Å². The number of hydrogen-bond acceptors (Lipinski definition) is 2. The quantitative estimate of drug-likeness (QED) is 0.647. The number of carbonyl (C=O) groups is 1. The van der Waals surface area contributed by atoms with E-state index in [0.29, 0.717) is 0 Å². The molecule has 0 aromatic rings. The summed E-state index contributed by atoms with van der Waals surface area (Å²) in [4.78, 5) is 11.2. The van der Waals surface area contributed by atoms with Crippen molar-refractivity contribution in [2.75, 3.05) is 0 Å². The third kappa shape index (κ3) is 0.831. The van der Waals surface area contributed by atoms with Crippen molar-refractivity contribution in [1.82, 2.24) is 0 Å². The summed E-state index contributed by atoms with van der Waals surface area (Å²) in [5.74, 6) is -0.909. The molecule has 14 heavy (non-hydrogen) atoms. The summed E-state index contributed by atoms with van der Waals surface area (Å²) in [6.07, 6.45) is 7.05. The SMILES string of the molecule is CC(C)(C)C12C=CC=CC1(C(=O)O)O2. The molecule has 1 saturated heterocycles. The van der Waals surface area contributed by atoms with Crippen LogP contribution in [0.4, 0.5) is 0 Å². The average molecular weight is 194 g/mol. The molecule has 1 N–H and O–H groups in total. The van der Waals surface area contributed by atoms with Crippen LogP contribution in [0.5, 0.6) is 0 Å². The predicted molar refractivity (Wildman–Crippen MR) is 51.9 cm³/mol. The summed E-state index contributed by atoms with van der Waals surface area (Å²) in [5, 5.41) is 9.16. The summed E-state index contributed by atoms with van der Waals surface area (Å²) in [5.41, 5.74) is -2.01. The van der Waals surface area contributed by atoms with E-state index < -0.39 is 17.2 Å². The zero-order valence-electron chi connectivity index (χ0n) is 8.57. The molecule has 0 saturated carbocycles. The third-order valence-electron chi connectivity index (χ3n) is 3.04. The van der Waals surface area contributed by atoms with Crippen molar-refractivity contribution >= 4 is 5.97 Å². The normalized spacial score (nSPS) is 39.4. The minimum Gasteiger partial charge on any atom is -0.479 e. The first-order valence-electron chi connectivity index (χ1n) is 4.66. The number of rotatable bonds is 1. The Morgan fingerprint density at radius 1 is 1.29 bits per heavy atom. The largest absolute Gasteiger partial charge is 0.479 e. The minimum atomic E-state index is -1.12. The zero-order chi connectivity index (χ0) is 10.6. The number of hydrogen-bond donors (Lipinski definition) is 1. The molecule has 2 rings (SSSR count). The molecular formula is C11H14O3. The topological polar surface area (TPSA) is 49.8 Å². The van der Waals surface area contributed by atoms with Gasteiger partial charge in [0.2, 0.25) is 5.60 Å². The van der Waals surface area contributed by atoms with Crippen LogP contribution >= 0.6 is 0 Å². The Hall–Kier alpha value is -1.09. The highest BCUT2D eigenvalue weighted by atomic mass is 16.7. The van der Waals surface area contributed by atoms with E-state index in [1.54, 1.807) is 12.2 Å². The smallest absolute Gasteiger partial charge is 0.343 e. The van der Waals surface area contributed by atoms with Gasteiger partial charge in [0.25, 0.3) is 0 Å². The molecule has 3 heteroatoms. The molecule has 76 valence electrons. The average Bonchev–Trinajstić information content (AvgIpc) is 2.74. The Kier molecular flexibility index (Phi) is 1.54. The van der Waals surface area contributed by atoms with E-state index >= 15 is 0 Å². The first kappa shape index (κ1) is 9.46. The highest BCUT2D eigenvalue weighted by molar-refractivity contribution is 5.88. The van der Waals surface area contributed by atoms with E-state index in [1.807, 2.05) is 32.9 Å². The van der Waals surface area contributed by atoms with Crippen LogP contribution in [-0.2, 0) is 9.53 Å². The van der Waals surface area contributed by atoms with Crippen molar-refractivity contribution in [3.8, 4) is 0 Å². The van der Waals surface area contributed by atoms with Gasteiger partial charge in [-0.25, -0.2) is 4.79 Å². The van der Waals surface area contributed by atoms with Crippen LogP contribution in [0.3, 0.4) is 0 Å².